The molecule has 1 unspecified atom stereocenters. The van der Waals surface area contributed by atoms with E-state index in [0.29, 0.717) is 5.69 Å². The summed E-state index contributed by atoms with van der Waals surface area (Å²) in [4.78, 5) is 14.0. The summed E-state index contributed by atoms with van der Waals surface area (Å²) in [6, 6.07) is 6.67. The van der Waals surface area contributed by atoms with Crippen molar-refractivity contribution in [2.75, 3.05) is 37.4 Å². The fraction of sp³-hybridized carbons (Fsp3) is 0.500. The normalized spacial score (nSPS) is 22.1. The van der Waals surface area contributed by atoms with E-state index < -0.39 is 17.5 Å². The number of nitrogens with zero attached hydrogens (tertiary/aromatic N) is 1. The summed E-state index contributed by atoms with van der Waals surface area (Å²) in [5.74, 6) is -1.00. The van der Waals surface area contributed by atoms with Crippen molar-refractivity contribution in [3.63, 3.8) is 0 Å². The molecule has 21 heavy (non-hydrogen) atoms. The number of carbonyl (C=O) groups is 1. The predicted octanol–water partition coefficient (Wildman–Crippen LogP) is 2.23. The van der Waals surface area contributed by atoms with Gasteiger partial charge in [-0.15, -0.1) is 0 Å². The molecule has 4 nitrogen and oxygen atoms in total. The van der Waals surface area contributed by atoms with Crippen molar-refractivity contribution in [1.82, 2.24) is 5.32 Å². The third-order valence-electron chi connectivity index (χ3n) is 3.77. The smallest absolute Gasteiger partial charge is 0.378 e. The third kappa shape index (κ3) is 2.97. The monoisotopic (exact) mass is 301 g/mol. The van der Waals surface area contributed by atoms with Crippen LogP contribution in [0.3, 0.4) is 0 Å². The molecule has 1 aromatic carbocycles. The quantitative estimate of drug-likeness (QED) is 0.900. The van der Waals surface area contributed by atoms with E-state index in [2.05, 4.69) is 10.6 Å². The molecule has 1 aliphatic heterocycles. The first-order valence-electron chi connectivity index (χ1n) is 6.62. The van der Waals surface area contributed by atoms with E-state index >= 15 is 0 Å². The highest BCUT2D eigenvalue weighted by Crippen LogP contribution is 2.43. The summed E-state index contributed by atoms with van der Waals surface area (Å²) in [5.41, 5.74) is -1.07. The minimum absolute atomic E-state index is 0.187. The van der Waals surface area contributed by atoms with Gasteiger partial charge in [0.05, 0.1) is 0 Å². The molecule has 1 aromatic rings. The first-order chi connectivity index (χ1) is 9.76. The summed E-state index contributed by atoms with van der Waals surface area (Å²) < 4.78 is 39.7. The van der Waals surface area contributed by atoms with Crippen LogP contribution in [0.2, 0.25) is 0 Å². The Morgan fingerprint density at radius 2 is 1.90 bits per heavy atom. The molecular formula is C14H18F3N3O. The van der Waals surface area contributed by atoms with Crippen molar-refractivity contribution in [3.05, 3.63) is 24.3 Å². The summed E-state index contributed by atoms with van der Waals surface area (Å²) in [6.07, 6.45) is -4.80. The standard InChI is InChI=1S/C14H18F3N3O/c1-20(2)11-5-3-10(4-6-11)19-12(21)13(14(15,16)17)7-8-18-9-13/h3-6,18H,7-9H2,1-2H3,(H,19,21). The Labute approximate surface area is 121 Å². The Morgan fingerprint density at radius 1 is 1.29 bits per heavy atom. The third-order valence-corrected chi connectivity index (χ3v) is 3.77. The Balaban J connectivity index is 2.16. The van der Waals surface area contributed by atoms with Crippen LogP contribution in [-0.4, -0.2) is 39.3 Å². The Kier molecular flexibility index (Phi) is 4.13. The van der Waals surface area contributed by atoms with Gasteiger partial charge < -0.3 is 15.5 Å². The minimum Gasteiger partial charge on any atom is -0.378 e. The Bertz CT molecular complexity index is 505. The topological polar surface area (TPSA) is 44.4 Å². The second-order valence-electron chi connectivity index (χ2n) is 5.40. The van der Waals surface area contributed by atoms with E-state index in [9.17, 15) is 18.0 Å². The highest BCUT2D eigenvalue weighted by Gasteiger charge is 2.61. The van der Waals surface area contributed by atoms with Crippen LogP contribution in [0.5, 0.6) is 0 Å². The second-order valence-corrected chi connectivity index (χ2v) is 5.40. The van der Waals surface area contributed by atoms with E-state index in [0.717, 1.165) is 5.69 Å². The average molecular weight is 301 g/mol. The molecule has 116 valence electrons. The number of hydrogen-bond donors (Lipinski definition) is 2. The number of amides is 1. The van der Waals surface area contributed by atoms with Crippen LogP contribution in [0.15, 0.2) is 24.3 Å². The van der Waals surface area contributed by atoms with Crippen molar-refractivity contribution < 1.29 is 18.0 Å². The molecule has 1 amide bonds. The number of nitrogens with one attached hydrogen (secondary N) is 2. The van der Waals surface area contributed by atoms with Crippen LogP contribution in [0.25, 0.3) is 0 Å². The number of alkyl halides is 3. The lowest BCUT2D eigenvalue weighted by atomic mass is 9.85. The molecule has 1 saturated heterocycles. The fourth-order valence-corrected chi connectivity index (χ4v) is 2.35. The fourth-order valence-electron chi connectivity index (χ4n) is 2.35. The summed E-state index contributed by atoms with van der Waals surface area (Å²) in [7, 11) is 3.72. The SMILES string of the molecule is CN(C)c1ccc(NC(=O)C2(C(F)(F)F)CCNC2)cc1. The zero-order valence-corrected chi connectivity index (χ0v) is 11.9. The van der Waals surface area contributed by atoms with Crippen molar-refractivity contribution in [2.45, 2.75) is 12.6 Å². The number of hydrogen-bond acceptors (Lipinski definition) is 3. The molecular weight excluding hydrogens is 283 g/mol. The van der Waals surface area contributed by atoms with Crippen LogP contribution in [0.1, 0.15) is 6.42 Å². The lowest BCUT2D eigenvalue weighted by molar-refractivity contribution is -0.213. The molecule has 1 heterocycles. The van der Waals surface area contributed by atoms with Crippen LogP contribution >= 0.6 is 0 Å². The molecule has 0 saturated carbocycles. The van der Waals surface area contributed by atoms with Gasteiger partial charge in [0.1, 0.15) is 0 Å². The van der Waals surface area contributed by atoms with Gasteiger partial charge in [-0.3, -0.25) is 4.79 Å². The van der Waals surface area contributed by atoms with Crippen LogP contribution < -0.4 is 15.5 Å². The highest BCUT2D eigenvalue weighted by molar-refractivity contribution is 5.96. The highest BCUT2D eigenvalue weighted by atomic mass is 19.4. The van der Waals surface area contributed by atoms with Gasteiger partial charge in [0.15, 0.2) is 5.41 Å². The van der Waals surface area contributed by atoms with Crippen LogP contribution in [-0.2, 0) is 4.79 Å². The van der Waals surface area contributed by atoms with E-state index in [1.807, 2.05) is 19.0 Å². The maximum atomic E-state index is 13.2. The van der Waals surface area contributed by atoms with Crippen LogP contribution in [0, 0.1) is 5.41 Å². The molecule has 2 N–H and O–H groups in total. The van der Waals surface area contributed by atoms with Gasteiger partial charge in [-0.1, -0.05) is 0 Å². The lowest BCUT2D eigenvalue weighted by Crippen LogP contribution is -2.49. The number of carbonyl (C=O) groups excluding carboxylic acids is 1. The van der Waals surface area contributed by atoms with Crippen LogP contribution in [0.4, 0.5) is 24.5 Å². The molecule has 0 bridgehead atoms. The molecule has 0 spiro atoms. The Morgan fingerprint density at radius 3 is 2.33 bits per heavy atom. The van der Waals surface area contributed by atoms with E-state index in [1.54, 1.807) is 24.3 Å². The number of halogens is 3. The van der Waals surface area contributed by atoms with Gasteiger partial charge in [-0.2, -0.15) is 13.2 Å². The molecule has 2 rings (SSSR count). The second kappa shape index (κ2) is 5.55. The molecule has 1 aliphatic rings. The summed E-state index contributed by atoms with van der Waals surface area (Å²) in [5, 5.41) is 5.00. The van der Waals surface area contributed by atoms with Gasteiger partial charge in [-0.05, 0) is 37.2 Å². The largest absolute Gasteiger partial charge is 0.404 e. The molecule has 7 heteroatoms. The molecule has 0 aliphatic carbocycles. The maximum absolute atomic E-state index is 13.2. The minimum atomic E-state index is -4.57. The van der Waals surface area contributed by atoms with Gasteiger partial charge in [0.2, 0.25) is 5.91 Å². The van der Waals surface area contributed by atoms with Crippen molar-refractivity contribution >= 4 is 17.3 Å². The van der Waals surface area contributed by atoms with Gasteiger partial charge >= 0.3 is 6.18 Å². The summed E-state index contributed by atoms with van der Waals surface area (Å²) in [6.45, 7) is -0.190. The zero-order valence-electron chi connectivity index (χ0n) is 11.9. The van der Waals surface area contributed by atoms with Crippen molar-refractivity contribution in [2.24, 2.45) is 5.41 Å². The van der Waals surface area contributed by atoms with E-state index in [4.69, 9.17) is 0 Å². The van der Waals surface area contributed by atoms with Gasteiger partial charge in [0, 0.05) is 32.0 Å². The predicted molar refractivity (Wildman–Crippen MR) is 75.4 cm³/mol. The van der Waals surface area contributed by atoms with Crippen molar-refractivity contribution in [3.8, 4) is 0 Å². The van der Waals surface area contributed by atoms with Gasteiger partial charge in [-0.25, -0.2) is 0 Å². The van der Waals surface area contributed by atoms with Gasteiger partial charge in [0.25, 0.3) is 0 Å². The average Bonchev–Trinajstić information content (AvgIpc) is 2.89. The lowest BCUT2D eigenvalue weighted by Gasteiger charge is -2.29. The van der Waals surface area contributed by atoms with Crippen molar-refractivity contribution in [1.29, 1.82) is 0 Å². The number of benzene rings is 1. The molecule has 0 radical (unpaired) electrons. The Hall–Kier alpha value is -1.76. The molecule has 0 aromatic heterocycles. The number of anilines is 2. The molecule has 1 fully saturated rings. The zero-order chi connectivity index (χ0) is 15.7. The van der Waals surface area contributed by atoms with E-state index in [1.165, 1.54) is 0 Å². The first kappa shape index (κ1) is 15.6. The molecule has 1 atom stereocenters. The van der Waals surface area contributed by atoms with E-state index in [-0.39, 0.29) is 19.5 Å². The maximum Gasteiger partial charge on any atom is 0.404 e. The number of rotatable bonds is 3. The summed E-state index contributed by atoms with van der Waals surface area (Å²) >= 11 is 0. The first-order valence-corrected chi connectivity index (χ1v) is 6.62.